The van der Waals surface area contributed by atoms with Gasteiger partial charge in [0.1, 0.15) is 0 Å². The van der Waals surface area contributed by atoms with Gasteiger partial charge in [-0.1, -0.05) is 28.7 Å². The first kappa shape index (κ1) is 43.8. The molecule has 0 aromatic rings. The van der Waals surface area contributed by atoms with Gasteiger partial charge in [-0.15, -0.1) is 11.6 Å². The van der Waals surface area contributed by atoms with Crippen LogP contribution in [0.3, 0.4) is 0 Å². The fourth-order valence-corrected chi connectivity index (χ4v) is 0. The van der Waals surface area contributed by atoms with Gasteiger partial charge in [0.15, 0.2) is 0 Å². The van der Waals surface area contributed by atoms with Crippen LogP contribution in [0.1, 0.15) is 48.5 Å². The monoisotopic (exact) mass is 275 g/mol. The van der Waals surface area contributed by atoms with E-state index in [1.165, 1.54) is 7.05 Å². The summed E-state index contributed by atoms with van der Waals surface area (Å²) in [5.41, 5.74) is 4.50. The highest BCUT2D eigenvalue weighted by Gasteiger charge is 1.59. The van der Waals surface area contributed by atoms with Crippen molar-refractivity contribution in [3.8, 4) is 0 Å². The molecular formula is C11H34ClN3O2. The maximum Gasteiger partial charge on any atom is 0.0428 e. The average Bonchev–Trinajstić information content (AvgIpc) is 2.35. The van der Waals surface area contributed by atoms with Crippen molar-refractivity contribution in [2.24, 2.45) is 5.73 Å². The summed E-state index contributed by atoms with van der Waals surface area (Å²) in [5.74, 6) is 0.792. The molecule has 0 aliphatic carbocycles. The Labute approximate surface area is 113 Å². The molecule has 0 aliphatic rings. The molecule has 112 valence electrons. The summed E-state index contributed by atoms with van der Waals surface area (Å²) >= 11 is 5.19. The van der Waals surface area contributed by atoms with E-state index in [0.29, 0.717) is 6.61 Å². The molecule has 0 saturated carbocycles. The molecule has 0 aliphatic heterocycles. The van der Waals surface area contributed by atoms with Crippen molar-refractivity contribution >= 4 is 11.6 Å². The molecule has 0 bridgehead atoms. The summed E-state index contributed by atoms with van der Waals surface area (Å²) in [6, 6.07) is 0. The van der Waals surface area contributed by atoms with Crippen molar-refractivity contribution in [3.05, 3.63) is 0 Å². The highest BCUT2D eigenvalue weighted by atomic mass is 35.5. The first-order chi connectivity index (χ1) is 7.24. The second kappa shape index (κ2) is 158. The van der Waals surface area contributed by atoms with Gasteiger partial charge in [-0.25, -0.2) is 0 Å². The maximum atomic E-state index is 7.88. The van der Waals surface area contributed by atoms with Crippen LogP contribution in [0, 0.1) is 10.8 Å². The Morgan fingerprint density at radius 3 is 1.06 bits per heavy atom. The lowest BCUT2D eigenvalue weighted by molar-refractivity contribution is 0.295. The summed E-state index contributed by atoms with van der Waals surface area (Å²) in [4.78, 5) is 0. The molecule has 5 nitrogen and oxygen atoms in total. The Kier molecular flexibility index (Phi) is 406. The van der Waals surface area contributed by atoms with Crippen molar-refractivity contribution in [1.82, 2.24) is 0 Å². The fourth-order valence-electron chi connectivity index (χ4n) is 0. The quantitative estimate of drug-likeness (QED) is 0.529. The van der Waals surface area contributed by atoms with Gasteiger partial charge in [-0.05, 0) is 26.8 Å². The molecule has 0 atom stereocenters. The lowest BCUT2D eigenvalue weighted by atomic mass is 10.5. The normalized spacial score (nSPS) is 5.06. The van der Waals surface area contributed by atoms with E-state index < -0.39 is 0 Å². The fraction of sp³-hybridized carbons (Fsp3) is 1.00. The molecule has 4 N–H and O–H groups in total. The van der Waals surface area contributed by atoms with Gasteiger partial charge >= 0.3 is 0 Å². The molecule has 0 radical (unpaired) electrons. The number of halogens is 1. The van der Waals surface area contributed by atoms with Crippen molar-refractivity contribution in [2.75, 3.05) is 26.1 Å². The minimum atomic E-state index is 0. The largest absolute Gasteiger partial charge is 0.397 e. The number of nitrogens with zero attached hydrogens (tertiary/aromatic N) is 2. The van der Waals surface area contributed by atoms with Crippen molar-refractivity contribution in [1.29, 1.82) is 10.8 Å². The zero-order valence-electron chi connectivity index (χ0n) is 10.3. The predicted octanol–water partition coefficient (Wildman–Crippen LogP) is 2.90. The summed E-state index contributed by atoms with van der Waals surface area (Å²) in [6.45, 7) is 6.23. The third kappa shape index (κ3) is 1140. The van der Waals surface area contributed by atoms with E-state index in [2.05, 4.69) is 5.73 Å². The molecule has 0 heterocycles. The number of aliphatic hydroxyl groups is 2. The number of nitrogens with two attached hydrogens (primary N) is 1. The van der Waals surface area contributed by atoms with E-state index in [1.54, 1.807) is 6.92 Å². The van der Waals surface area contributed by atoms with Crippen LogP contribution in [0.15, 0.2) is 0 Å². The Morgan fingerprint density at radius 1 is 0.941 bits per heavy atom. The molecule has 0 saturated heterocycles. The van der Waals surface area contributed by atoms with Gasteiger partial charge < -0.3 is 15.9 Å². The SMILES string of the molecule is C.C.CCCCl.CCCO.CCO.CN.N#N. The van der Waals surface area contributed by atoms with E-state index in [4.69, 9.17) is 32.6 Å². The summed E-state index contributed by atoms with van der Waals surface area (Å²) < 4.78 is 0. The van der Waals surface area contributed by atoms with Gasteiger partial charge in [-0.2, -0.15) is 0 Å². The molecule has 0 aromatic heterocycles. The molecule has 0 unspecified atom stereocenters. The standard InChI is InChI=1S/C3H7Cl.C3H8O.C2H6O.CH5N.2CH4.N2/c2*1-2-3-4;1-2-3;1-2;;;1-2/h2-3H2,1H3;4H,2-3H2,1H3;3H,2H2,1H3;2H2,1H3;2*1H4;. The molecule has 0 aromatic carbocycles. The number of hydrogen-bond acceptors (Lipinski definition) is 5. The number of aliphatic hydroxyl groups excluding tert-OH is 2. The first-order valence-electron chi connectivity index (χ1n) is 4.80. The second-order valence-corrected chi connectivity index (χ2v) is 2.11. The number of hydrogen-bond donors (Lipinski definition) is 3. The number of alkyl halides is 1. The Balaban J connectivity index is -0.0000000148. The molecule has 6 heteroatoms. The van der Waals surface area contributed by atoms with Gasteiger partial charge in [0.2, 0.25) is 0 Å². The molecule has 0 rings (SSSR count). The van der Waals surface area contributed by atoms with Crippen LogP contribution in [0.2, 0.25) is 0 Å². The van der Waals surface area contributed by atoms with Crippen molar-refractivity contribution in [2.45, 2.75) is 48.5 Å². The summed E-state index contributed by atoms with van der Waals surface area (Å²) in [7, 11) is 1.50. The highest BCUT2D eigenvalue weighted by Crippen LogP contribution is 1.75. The lowest BCUT2D eigenvalue weighted by Gasteiger charge is -1.69. The molecule has 17 heavy (non-hydrogen) atoms. The van der Waals surface area contributed by atoms with Gasteiger partial charge in [-0.3, -0.25) is 0 Å². The second-order valence-electron chi connectivity index (χ2n) is 1.73. The van der Waals surface area contributed by atoms with E-state index in [1.807, 2.05) is 13.8 Å². The maximum absolute atomic E-state index is 7.88. The van der Waals surface area contributed by atoms with Gasteiger partial charge in [0.25, 0.3) is 0 Å². The van der Waals surface area contributed by atoms with Crippen LogP contribution in [0.25, 0.3) is 0 Å². The zero-order valence-corrected chi connectivity index (χ0v) is 11.0. The lowest BCUT2D eigenvalue weighted by Crippen LogP contribution is -1.69. The first-order valence-corrected chi connectivity index (χ1v) is 5.33. The smallest absolute Gasteiger partial charge is 0.0428 e. The Hall–Kier alpha value is -0.410. The minimum absolute atomic E-state index is 0. The molecule has 0 spiro atoms. The topological polar surface area (TPSA) is 114 Å². The van der Waals surface area contributed by atoms with Crippen LogP contribution in [0.4, 0.5) is 0 Å². The Morgan fingerprint density at radius 2 is 1.06 bits per heavy atom. The highest BCUT2D eigenvalue weighted by molar-refractivity contribution is 6.17. The van der Waals surface area contributed by atoms with Crippen molar-refractivity contribution in [3.63, 3.8) is 0 Å². The summed E-state index contributed by atoms with van der Waals surface area (Å²) in [5, 5.41) is 27.4. The van der Waals surface area contributed by atoms with E-state index >= 15 is 0 Å². The number of rotatable bonds is 2. The predicted molar refractivity (Wildman–Crippen MR) is 78.2 cm³/mol. The van der Waals surface area contributed by atoms with Crippen LogP contribution in [-0.2, 0) is 0 Å². The van der Waals surface area contributed by atoms with Crippen LogP contribution >= 0.6 is 11.6 Å². The van der Waals surface area contributed by atoms with E-state index in [0.717, 1.165) is 18.7 Å². The van der Waals surface area contributed by atoms with Gasteiger partial charge in [0.05, 0.1) is 0 Å². The van der Waals surface area contributed by atoms with Crippen LogP contribution < -0.4 is 5.73 Å². The van der Waals surface area contributed by atoms with Crippen LogP contribution in [0.5, 0.6) is 0 Å². The molecule has 0 fully saturated rings. The zero-order chi connectivity index (χ0) is 13.5. The minimum Gasteiger partial charge on any atom is -0.397 e. The van der Waals surface area contributed by atoms with Gasteiger partial charge in [0, 0.05) is 29.9 Å². The molecule has 0 amide bonds. The van der Waals surface area contributed by atoms with E-state index in [9.17, 15) is 0 Å². The van der Waals surface area contributed by atoms with Crippen molar-refractivity contribution < 1.29 is 10.2 Å². The van der Waals surface area contributed by atoms with Crippen LogP contribution in [-0.4, -0.2) is 36.4 Å². The summed E-state index contributed by atoms with van der Waals surface area (Å²) in [6.07, 6.45) is 1.96. The average molecular weight is 276 g/mol. The third-order valence-electron chi connectivity index (χ3n) is 0.413. The van der Waals surface area contributed by atoms with E-state index in [-0.39, 0.29) is 21.5 Å². The molecular weight excluding hydrogens is 242 g/mol. The Bertz CT molecular complexity index is 59.9. The third-order valence-corrected chi connectivity index (χ3v) is 0.791.